The Morgan fingerprint density at radius 1 is 1.21 bits per heavy atom. The topological polar surface area (TPSA) is 47.7 Å². The summed E-state index contributed by atoms with van der Waals surface area (Å²) in [6.45, 7) is 10.2. The largest absolute Gasteiger partial charge is 0.312 e. The van der Waals surface area contributed by atoms with Crippen molar-refractivity contribution < 1.29 is 0 Å². The van der Waals surface area contributed by atoms with Gasteiger partial charge in [-0.2, -0.15) is 5.10 Å². The Bertz CT molecular complexity index is 565. The molecule has 2 aromatic heterocycles. The third-order valence-electron chi connectivity index (χ3n) is 3.52. The van der Waals surface area contributed by atoms with Crippen LogP contribution in [0.5, 0.6) is 0 Å². The van der Waals surface area contributed by atoms with Crippen molar-refractivity contribution in [3.05, 3.63) is 29.0 Å². The molecule has 5 heteroatoms. The Morgan fingerprint density at radius 2 is 1.95 bits per heavy atom. The molecule has 2 aromatic rings. The van der Waals surface area contributed by atoms with Crippen molar-refractivity contribution in [2.45, 2.75) is 40.7 Å². The molecular weight excluding hydrogens is 238 g/mol. The zero-order valence-corrected chi connectivity index (χ0v) is 12.5. The minimum absolute atomic E-state index is 0.847. The molecule has 0 atom stereocenters. The summed E-state index contributed by atoms with van der Waals surface area (Å²) in [6, 6.07) is 0. The summed E-state index contributed by atoms with van der Waals surface area (Å²) in [6.07, 6.45) is 3.02. The SMILES string of the molecule is CCCNCc1c(C)nn(C)c1-n1cnc(C)c1C. The van der Waals surface area contributed by atoms with E-state index in [1.165, 1.54) is 11.3 Å². The first-order valence-corrected chi connectivity index (χ1v) is 6.80. The van der Waals surface area contributed by atoms with Gasteiger partial charge >= 0.3 is 0 Å². The lowest BCUT2D eigenvalue weighted by atomic mass is 10.2. The van der Waals surface area contributed by atoms with Crippen LogP contribution in [0.3, 0.4) is 0 Å². The fraction of sp³-hybridized carbons (Fsp3) is 0.571. The zero-order valence-electron chi connectivity index (χ0n) is 12.5. The first kappa shape index (κ1) is 13.8. The van der Waals surface area contributed by atoms with Gasteiger partial charge in [0.25, 0.3) is 0 Å². The van der Waals surface area contributed by atoms with Crippen LogP contribution >= 0.6 is 0 Å². The van der Waals surface area contributed by atoms with E-state index >= 15 is 0 Å². The predicted octanol–water partition coefficient (Wildman–Crippen LogP) is 2.03. The van der Waals surface area contributed by atoms with Crippen LogP contribution in [0.25, 0.3) is 5.82 Å². The highest BCUT2D eigenvalue weighted by molar-refractivity contribution is 5.40. The molecule has 0 aliphatic rings. The zero-order chi connectivity index (χ0) is 14.0. The molecule has 2 rings (SSSR count). The number of aromatic nitrogens is 4. The lowest BCUT2D eigenvalue weighted by Crippen LogP contribution is -2.16. The van der Waals surface area contributed by atoms with Crippen molar-refractivity contribution in [1.82, 2.24) is 24.6 Å². The molecule has 0 aromatic carbocycles. The molecule has 0 spiro atoms. The van der Waals surface area contributed by atoms with E-state index in [-0.39, 0.29) is 0 Å². The number of hydrogen-bond donors (Lipinski definition) is 1. The fourth-order valence-corrected chi connectivity index (χ4v) is 2.30. The summed E-state index contributed by atoms with van der Waals surface area (Å²) in [5, 5.41) is 8.00. The van der Waals surface area contributed by atoms with E-state index in [1.807, 2.05) is 25.0 Å². The van der Waals surface area contributed by atoms with Gasteiger partial charge in [-0.15, -0.1) is 0 Å². The number of nitrogens with one attached hydrogen (secondary N) is 1. The van der Waals surface area contributed by atoms with Crippen molar-refractivity contribution in [2.75, 3.05) is 6.54 Å². The van der Waals surface area contributed by atoms with E-state index in [0.717, 1.165) is 36.7 Å². The second-order valence-corrected chi connectivity index (χ2v) is 4.97. The summed E-state index contributed by atoms with van der Waals surface area (Å²) in [5.74, 6) is 1.11. The molecule has 0 radical (unpaired) electrons. The van der Waals surface area contributed by atoms with Crippen LogP contribution in [0.2, 0.25) is 0 Å². The number of aryl methyl sites for hydroxylation is 3. The molecule has 0 amide bonds. The molecular formula is C14H23N5. The molecule has 0 saturated heterocycles. The van der Waals surface area contributed by atoms with E-state index in [1.54, 1.807) is 0 Å². The average molecular weight is 261 g/mol. The fourth-order valence-electron chi connectivity index (χ4n) is 2.30. The van der Waals surface area contributed by atoms with Gasteiger partial charge in [0.2, 0.25) is 0 Å². The summed E-state index contributed by atoms with van der Waals surface area (Å²) >= 11 is 0. The second-order valence-electron chi connectivity index (χ2n) is 4.97. The Hall–Kier alpha value is -1.62. The Labute approximate surface area is 114 Å². The Balaban J connectivity index is 2.41. The van der Waals surface area contributed by atoms with E-state index in [9.17, 15) is 0 Å². The lowest BCUT2D eigenvalue weighted by molar-refractivity contribution is 0.666. The number of imidazole rings is 1. The standard InChI is InChI=1S/C14H23N5/c1-6-7-15-8-13-11(3)17-18(5)14(13)19-9-16-10(2)12(19)4/h9,15H,6-8H2,1-5H3. The van der Waals surface area contributed by atoms with Crippen molar-refractivity contribution in [1.29, 1.82) is 0 Å². The molecule has 2 heterocycles. The molecule has 0 saturated carbocycles. The van der Waals surface area contributed by atoms with Crippen LogP contribution in [0.1, 0.15) is 36.0 Å². The van der Waals surface area contributed by atoms with Crippen molar-refractivity contribution in [3.8, 4) is 5.82 Å². The summed E-state index contributed by atoms with van der Waals surface area (Å²) in [5.41, 5.74) is 4.55. The van der Waals surface area contributed by atoms with Gasteiger partial charge in [-0.3, -0.25) is 9.25 Å². The first-order chi connectivity index (χ1) is 9.06. The monoisotopic (exact) mass is 261 g/mol. The van der Waals surface area contributed by atoms with Crippen LogP contribution in [0, 0.1) is 20.8 Å². The number of hydrogen-bond acceptors (Lipinski definition) is 3. The van der Waals surface area contributed by atoms with Gasteiger partial charge in [-0.05, 0) is 33.7 Å². The van der Waals surface area contributed by atoms with Crippen molar-refractivity contribution in [3.63, 3.8) is 0 Å². The van der Waals surface area contributed by atoms with Crippen molar-refractivity contribution in [2.24, 2.45) is 7.05 Å². The summed E-state index contributed by atoms with van der Waals surface area (Å²) < 4.78 is 4.06. The van der Waals surface area contributed by atoms with Crippen LogP contribution < -0.4 is 5.32 Å². The molecule has 0 bridgehead atoms. The molecule has 0 aliphatic heterocycles. The highest BCUT2D eigenvalue weighted by Gasteiger charge is 2.16. The van der Waals surface area contributed by atoms with Crippen LogP contribution in [0.15, 0.2) is 6.33 Å². The predicted molar refractivity (Wildman–Crippen MR) is 76.5 cm³/mol. The first-order valence-electron chi connectivity index (χ1n) is 6.80. The molecule has 104 valence electrons. The Kier molecular flexibility index (Phi) is 4.04. The highest BCUT2D eigenvalue weighted by atomic mass is 15.3. The molecule has 0 fully saturated rings. The summed E-state index contributed by atoms with van der Waals surface area (Å²) in [4.78, 5) is 4.38. The normalized spacial score (nSPS) is 11.2. The van der Waals surface area contributed by atoms with E-state index in [2.05, 4.69) is 40.7 Å². The number of nitrogens with zero attached hydrogens (tertiary/aromatic N) is 4. The van der Waals surface area contributed by atoms with E-state index < -0.39 is 0 Å². The minimum atomic E-state index is 0.847. The van der Waals surface area contributed by atoms with Crippen LogP contribution in [0.4, 0.5) is 0 Å². The van der Waals surface area contributed by atoms with Crippen molar-refractivity contribution >= 4 is 0 Å². The van der Waals surface area contributed by atoms with Gasteiger partial charge in [0.1, 0.15) is 12.1 Å². The maximum Gasteiger partial charge on any atom is 0.140 e. The second kappa shape index (κ2) is 5.57. The van der Waals surface area contributed by atoms with Crippen LogP contribution in [-0.4, -0.2) is 25.9 Å². The third kappa shape index (κ3) is 2.56. The maximum atomic E-state index is 4.54. The minimum Gasteiger partial charge on any atom is -0.312 e. The highest BCUT2D eigenvalue weighted by Crippen LogP contribution is 2.20. The lowest BCUT2D eigenvalue weighted by Gasteiger charge is -2.10. The quantitative estimate of drug-likeness (QED) is 0.838. The molecule has 5 nitrogen and oxygen atoms in total. The van der Waals surface area contributed by atoms with E-state index in [0.29, 0.717) is 0 Å². The summed E-state index contributed by atoms with van der Waals surface area (Å²) in [7, 11) is 1.99. The van der Waals surface area contributed by atoms with Gasteiger partial charge < -0.3 is 5.32 Å². The molecule has 1 N–H and O–H groups in total. The van der Waals surface area contributed by atoms with Gasteiger partial charge in [-0.1, -0.05) is 6.92 Å². The molecule has 19 heavy (non-hydrogen) atoms. The van der Waals surface area contributed by atoms with Gasteiger partial charge in [-0.25, -0.2) is 4.98 Å². The van der Waals surface area contributed by atoms with E-state index in [4.69, 9.17) is 0 Å². The molecule has 0 aliphatic carbocycles. The maximum absolute atomic E-state index is 4.54. The van der Waals surface area contributed by atoms with Gasteiger partial charge in [0, 0.05) is 24.8 Å². The smallest absolute Gasteiger partial charge is 0.140 e. The van der Waals surface area contributed by atoms with Crippen LogP contribution in [-0.2, 0) is 13.6 Å². The Morgan fingerprint density at radius 3 is 2.53 bits per heavy atom. The average Bonchev–Trinajstić information content (AvgIpc) is 2.82. The third-order valence-corrected chi connectivity index (χ3v) is 3.52. The number of rotatable bonds is 5. The molecule has 0 unspecified atom stereocenters. The van der Waals surface area contributed by atoms with Gasteiger partial charge in [0.05, 0.1) is 11.4 Å². The van der Waals surface area contributed by atoms with Gasteiger partial charge in [0.15, 0.2) is 0 Å².